The van der Waals surface area contributed by atoms with Crippen LogP contribution in [0.25, 0.3) is 0 Å². The number of halogens is 3. The molecule has 0 saturated heterocycles. The van der Waals surface area contributed by atoms with Gasteiger partial charge in [-0.15, -0.1) is 0 Å². The van der Waals surface area contributed by atoms with Crippen molar-refractivity contribution < 1.29 is 22.6 Å². The van der Waals surface area contributed by atoms with E-state index in [0.29, 0.717) is 5.69 Å². The van der Waals surface area contributed by atoms with E-state index in [9.17, 15) is 13.2 Å². The average Bonchev–Trinajstić information content (AvgIpc) is 2.66. The van der Waals surface area contributed by atoms with Crippen molar-refractivity contribution in [1.29, 1.82) is 0 Å². The summed E-state index contributed by atoms with van der Waals surface area (Å²) in [6, 6.07) is 6.91. The summed E-state index contributed by atoms with van der Waals surface area (Å²) >= 11 is 0. The summed E-state index contributed by atoms with van der Waals surface area (Å²) in [6.07, 6.45) is 2.02. The fourth-order valence-corrected chi connectivity index (χ4v) is 3.38. The highest BCUT2D eigenvalue weighted by Gasteiger charge is 2.37. The lowest BCUT2D eigenvalue weighted by molar-refractivity contribution is -0.137. The fraction of sp³-hybridized carbons (Fsp3) is 0.545. The fourth-order valence-electron chi connectivity index (χ4n) is 3.38. The van der Waals surface area contributed by atoms with Gasteiger partial charge in [0.05, 0.1) is 6.10 Å². The van der Waals surface area contributed by atoms with Gasteiger partial charge in [-0.1, -0.05) is 6.42 Å². The summed E-state index contributed by atoms with van der Waals surface area (Å²) in [5.41, 5.74) is -1.00. The molecule has 0 N–H and O–H groups in total. The van der Waals surface area contributed by atoms with Crippen LogP contribution < -0.4 is 14.4 Å². The third-order valence-corrected chi connectivity index (χ3v) is 4.85. The second kappa shape index (κ2) is 8.70. The molecule has 0 atom stereocenters. The molecular weight excluding hydrogens is 395 g/mol. The van der Waals surface area contributed by atoms with Crippen LogP contribution in [0.15, 0.2) is 30.5 Å². The number of nitrogens with zero attached hydrogens (tertiary/aromatic N) is 3. The number of ether oxygens (including phenoxy) is 2. The Bertz CT molecular complexity index is 842. The molecule has 1 aliphatic rings. The van der Waals surface area contributed by atoms with E-state index < -0.39 is 17.3 Å². The van der Waals surface area contributed by atoms with Crippen LogP contribution in [0.4, 0.5) is 24.7 Å². The zero-order valence-electron chi connectivity index (χ0n) is 17.8. The van der Waals surface area contributed by atoms with Crippen molar-refractivity contribution in [2.75, 3.05) is 11.9 Å². The van der Waals surface area contributed by atoms with Crippen molar-refractivity contribution >= 4 is 11.5 Å². The molecule has 164 valence electrons. The van der Waals surface area contributed by atoms with Crippen LogP contribution in [0.3, 0.4) is 0 Å². The van der Waals surface area contributed by atoms with Crippen molar-refractivity contribution in [3.8, 4) is 11.8 Å². The molecule has 3 rings (SSSR count). The molecule has 0 spiro atoms. The first kappa shape index (κ1) is 22.2. The van der Waals surface area contributed by atoms with Crippen LogP contribution in [0, 0.1) is 0 Å². The molecule has 8 heteroatoms. The number of alkyl halides is 3. The number of aromatic nitrogens is 2. The highest BCUT2D eigenvalue weighted by molar-refractivity contribution is 5.63. The highest BCUT2D eigenvalue weighted by atomic mass is 19.4. The Hall–Kier alpha value is -2.51. The number of benzene rings is 1. The van der Waals surface area contributed by atoms with Crippen molar-refractivity contribution in [3.63, 3.8) is 0 Å². The lowest BCUT2D eigenvalue weighted by atomic mass is 9.98. The molecule has 1 fully saturated rings. The van der Waals surface area contributed by atoms with Crippen molar-refractivity contribution in [2.45, 2.75) is 70.8 Å². The first-order valence-corrected chi connectivity index (χ1v) is 10.2. The van der Waals surface area contributed by atoms with Gasteiger partial charge in [0.2, 0.25) is 0 Å². The van der Waals surface area contributed by atoms with Crippen molar-refractivity contribution in [1.82, 2.24) is 9.97 Å². The van der Waals surface area contributed by atoms with Crippen LogP contribution in [0.2, 0.25) is 0 Å². The maximum atomic E-state index is 13.6. The molecule has 1 heterocycles. The van der Waals surface area contributed by atoms with Crippen LogP contribution in [-0.2, 0) is 6.18 Å². The van der Waals surface area contributed by atoms with Crippen LogP contribution in [0.1, 0.15) is 58.4 Å². The molecular formula is C22H28F3N3O2. The van der Waals surface area contributed by atoms with Gasteiger partial charge in [0, 0.05) is 18.9 Å². The Balaban J connectivity index is 1.84. The zero-order chi connectivity index (χ0) is 21.9. The van der Waals surface area contributed by atoms with Gasteiger partial charge in [-0.25, -0.2) is 4.98 Å². The predicted molar refractivity (Wildman–Crippen MR) is 109 cm³/mol. The van der Waals surface area contributed by atoms with Crippen LogP contribution >= 0.6 is 0 Å². The number of anilines is 2. The summed E-state index contributed by atoms with van der Waals surface area (Å²) in [6.45, 7) is 5.34. The Labute approximate surface area is 175 Å². The number of hydrogen-bond donors (Lipinski definition) is 0. The third-order valence-electron chi connectivity index (χ3n) is 4.85. The number of rotatable bonds is 5. The Morgan fingerprint density at radius 2 is 1.63 bits per heavy atom. The molecule has 30 heavy (non-hydrogen) atoms. The SMILES string of the molecule is CN(c1ccc(OC2CCCCC2)cc1)c1nc(OC(C)(C)C)ncc1C(F)(F)F. The summed E-state index contributed by atoms with van der Waals surface area (Å²) in [7, 11) is 1.54. The molecule has 1 aromatic carbocycles. The molecule has 0 aliphatic heterocycles. The quantitative estimate of drug-likeness (QED) is 0.577. The average molecular weight is 423 g/mol. The van der Waals surface area contributed by atoms with E-state index in [2.05, 4.69) is 9.97 Å². The summed E-state index contributed by atoms with van der Waals surface area (Å²) in [4.78, 5) is 9.18. The van der Waals surface area contributed by atoms with Gasteiger partial charge < -0.3 is 14.4 Å². The van der Waals surface area contributed by atoms with Crippen molar-refractivity contribution in [2.24, 2.45) is 0 Å². The molecule has 5 nitrogen and oxygen atoms in total. The Kier molecular flexibility index (Phi) is 6.43. The highest BCUT2D eigenvalue weighted by Crippen LogP contribution is 2.38. The van der Waals surface area contributed by atoms with Crippen LogP contribution in [0.5, 0.6) is 11.8 Å². The van der Waals surface area contributed by atoms with Gasteiger partial charge in [-0.3, -0.25) is 0 Å². The van der Waals surface area contributed by atoms with Gasteiger partial charge in [0.25, 0.3) is 0 Å². The molecule has 2 aromatic rings. The number of hydrogen-bond acceptors (Lipinski definition) is 5. The van der Waals surface area contributed by atoms with Gasteiger partial charge >= 0.3 is 12.2 Å². The van der Waals surface area contributed by atoms with Gasteiger partial charge in [0.15, 0.2) is 5.82 Å². The molecule has 1 aromatic heterocycles. The molecule has 0 unspecified atom stereocenters. The van der Waals surface area contributed by atoms with E-state index in [4.69, 9.17) is 9.47 Å². The molecule has 0 bridgehead atoms. The van der Waals surface area contributed by atoms with Crippen LogP contribution in [-0.4, -0.2) is 28.7 Å². The van der Waals surface area contributed by atoms with Crippen molar-refractivity contribution in [3.05, 3.63) is 36.0 Å². The second-order valence-electron chi connectivity index (χ2n) is 8.53. The minimum Gasteiger partial charge on any atom is -0.490 e. The summed E-state index contributed by atoms with van der Waals surface area (Å²) < 4.78 is 52.2. The lowest BCUT2D eigenvalue weighted by Crippen LogP contribution is -2.26. The smallest absolute Gasteiger partial charge is 0.421 e. The minimum atomic E-state index is -4.59. The minimum absolute atomic E-state index is 0.102. The molecule has 1 saturated carbocycles. The molecule has 0 radical (unpaired) electrons. The monoisotopic (exact) mass is 423 g/mol. The molecule has 1 aliphatic carbocycles. The topological polar surface area (TPSA) is 47.5 Å². The normalized spacial score (nSPS) is 15.7. The van der Waals surface area contributed by atoms with E-state index >= 15 is 0 Å². The predicted octanol–water partition coefficient (Wildman–Crippen LogP) is 6.15. The van der Waals surface area contributed by atoms with E-state index in [-0.39, 0.29) is 17.9 Å². The first-order valence-electron chi connectivity index (χ1n) is 10.2. The van der Waals surface area contributed by atoms with E-state index in [1.807, 2.05) is 0 Å². The zero-order valence-corrected chi connectivity index (χ0v) is 17.8. The lowest BCUT2D eigenvalue weighted by Gasteiger charge is -2.25. The van der Waals surface area contributed by atoms with E-state index in [0.717, 1.165) is 24.8 Å². The van der Waals surface area contributed by atoms with Gasteiger partial charge in [-0.05, 0) is 70.7 Å². The second-order valence-corrected chi connectivity index (χ2v) is 8.53. The van der Waals surface area contributed by atoms with E-state index in [1.165, 1.54) is 31.2 Å². The molecule has 0 amide bonds. The maximum Gasteiger partial charge on any atom is 0.421 e. The van der Waals surface area contributed by atoms with Gasteiger partial charge in [-0.2, -0.15) is 18.2 Å². The van der Waals surface area contributed by atoms with Gasteiger partial charge in [0.1, 0.15) is 16.9 Å². The largest absolute Gasteiger partial charge is 0.490 e. The Morgan fingerprint density at radius 1 is 1.00 bits per heavy atom. The standard InChI is InChI=1S/C22H28F3N3O2/c1-21(2,3)30-20-26-14-18(22(23,24)25)19(27-20)28(4)15-10-12-17(13-11-15)29-16-8-6-5-7-9-16/h10-14,16H,5-9H2,1-4H3. The third kappa shape index (κ3) is 5.77. The summed E-state index contributed by atoms with van der Waals surface area (Å²) in [5, 5.41) is 0. The Morgan fingerprint density at radius 3 is 2.20 bits per heavy atom. The first-order chi connectivity index (χ1) is 14.0. The maximum absolute atomic E-state index is 13.6. The van der Waals surface area contributed by atoms with E-state index in [1.54, 1.807) is 45.0 Å². The summed E-state index contributed by atoms with van der Waals surface area (Å²) in [5.74, 6) is 0.451.